The van der Waals surface area contributed by atoms with E-state index in [-0.39, 0.29) is 28.9 Å². The Kier molecular flexibility index (Phi) is 6.26. The Morgan fingerprint density at radius 1 is 1.38 bits per heavy atom. The van der Waals surface area contributed by atoms with E-state index in [4.69, 9.17) is 0 Å². The van der Waals surface area contributed by atoms with Gasteiger partial charge in [-0.25, -0.2) is 19.0 Å². The molecule has 4 heterocycles. The number of nitrogens with zero attached hydrogens (tertiary/aromatic N) is 3. The molecule has 32 heavy (non-hydrogen) atoms. The normalized spacial score (nSPS) is 20.0. The Bertz CT molecular complexity index is 1200. The maximum absolute atomic E-state index is 12.7. The van der Waals surface area contributed by atoms with E-state index in [1.807, 2.05) is 17.5 Å². The summed E-state index contributed by atoms with van der Waals surface area (Å²) in [5.41, 5.74) is -1.03. The van der Waals surface area contributed by atoms with Crippen molar-refractivity contribution >= 4 is 52.6 Å². The van der Waals surface area contributed by atoms with Crippen molar-refractivity contribution < 1.29 is 19.5 Å². The van der Waals surface area contributed by atoms with E-state index in [0.29, 0.717) is 11.3 Å². The summed E-state index contributed by atoms with van der Waals surface area (Å²) in [6, 6.07) is 2.88. The second kappa shape index (κ2) is 8.96. The number of amides is 2. The summed E-state index contributed by atoms with van der Waals surface area (Å²) in [5.74, 6) is -1.60. The van der Waals surface area contributed by atoms with Gasteiger partial charge in [0, 0.05) is 23.4 Å². The summed E-state index contributed by atoms with van der Waals surface area (Å²) in [6.07, 6.45) is 0.157. The second-order valence-electron chi connectivity index (χ2n) is 6.95. The minimum absolute atomic E-state index is 0.0658. The molecule has 0 radical (unpaired) electrons. The van der Waals surface area contributed by atoms with Gasteiger partial charge in [0.1, 0.15) is 17.1 Å². The SMILES string of the molecule is Cn1c(=O)nc(SCC2=C(C(=O)O)N3C(=O)[C@@H](NC(=O)Cc4cccs4)[C@H]3SC2)[nH]c1=O. The highest BCUT2D eigenvalue weighted by molar-refractivity contribution is 8.01. The number of H-pyrrole nitrogens is 1. The Morgan fingerprint density at radius 2 is 2.16 bits per heavy atom. The summed E-state index contributed by atoms with van der Waals surface area (Å²) < 4.78 is 0.818. The number of carbonyl (C=O) groups is 3. The first-order valence-corrected chi connectivity index (χ1v) is 12.2. The fraction of sp³-hybridized carbons (Fsp3) is 0.333. The molecule has 0 aliphatic carbocycles. The molecule has 4 rings (SSSR count). The van der Waals surface area contributed by atoms with Crippen LogP contribution < -0.4 is 16.7 Å². The molecule has 2 aromatic rings. The summed E-state index contributed by atoms with van der Waals surface area (Å²) in [7, 11) is 1.29. The van der Waals surface area contributed by atoms with E-state index < -0.39 is 34.7 Å². The molecule has 14 heteroatoms. The number of β-lactam (4-membered cyclic amide) rings is 1. The van der Waals surface area contributed by atoms with Crippen LogP contribution in [0.2, 0.25) is 0 Å². The van der Waals surface area contributed by atoms with Crippen molar-refractivity contribution in [2.24, 2.45) is 7.05 Å². The van der Waals surface area contributed by atoms with Gasteiger partial charge in [-0.05, 0) is 17.0 Å². The van der Waals surface area contributed by atoms with Gasteiger partial charge >= 0.3 is 17.3 Å². The Morgan fingerprint density at radius 3 is 2.81 bits per heavy atom. The average molecular weight is 496 g/mol. The van der Waals surface area contributed by atoms with Gasteiger partial charge in [0.25, 0.3) is 5.91 Å². The van der Waals surface area contributed by atoms with Gasteiger partial charge in [-0.2, -0.15) is 4.98 Å². The van der Waals surface area contributed by atoms with E-state index >= 15 is 0 Å². The smallest absolute Gasteiger partial charge is 0.353 e. The number of aliphatic carboxylic acids is 1. The van der Waals surface area contributed by atoms with Crippen LogP contribution in [-0.4, -0.2) is 65.2 Å². The Hall–Kier alpha value is -2.84. The number of thiophene rings is 1. The topological polar surface area (TPSA) is 154 Å². The summed E-state index contributed by atoms with van der Waals surface area (Å²) >= 11 is 3.80. The Balaban J connectivity index is 1.47. The summed E-state index contributed by atoms with van der Waals surface area (Å²) in [5, 5.41) is 13.8. The number of nitrogens with one attached hydrogen (secondary N) is 2. The minimum atomic E-state index is -1.26. The van der Waals surface area contributed by atoms with Crippen LogP contribution in [0.4, 0.5) is 0 Å². The van der Waals surface area contributed by atoms with Gasteiger partial charge in [-0.3, -0.25) is 19.5 Å². The molecule has 2 aromatic heterocycles. The van der Waals surface area contributed by atoms with E-state index in [2.05, 4.69) is 15.3 Å². The molecule has 0 spiro atoms. The van der Waals surface area contributed by atoms with E-state index in [1.54, 1.807) is 0 Å². The van der Waals surface area contributed by atoms with Gasteiger partial charge in [-0.1, -0.05) is 17.8 Å². The van der Waals surface area contributed by atoms with E-state index in [0.717, 1.165) is 21.2 Å². The third-order valence-electron chi connectivity index (χ3n) is 4.87. The van der Waals surface area contributed by atoms with Crippen LogP contribution in [0.5, 0.6) is 0 Å². The molecule has 0 saturated carbocycles. The number of hydrogen-bond acceptors (Lipinski definition) is 9. The summed E-state index contributed by atoms with van der Waals surface area (Å²) in [6.45, 7) is 0. The fourth-order valence-corrected chi connectivity index (χ4v) is 6.30. The highest BCUT2D eigenvalue weighted by Gasteiger charge is 2.54. The third kappa shape index (κ3) is 4.25. The third-order valence-corrected chi connectivity index (χ3v) is 8.04. The first-order chi connectivity index (χ1) is 15.3. The number of carboxylic acid groups (broad SMARTS) is 1. The van der Waals surface area contributed by atoms with Crippen molar-refractivity contribution in [1.82, 2.24) is 24.8 Å². The standard InChI is InChI=1S/C18H17N5O6S3/c1-22-17(28)20-16(21-18(22)29)32-7-8-6-31-14-11(13(25)23(14)12(8)15(26)27)19-10(24)5-9-3-2-4-30-9/h2-4,11,14H,5-7H2,1H3,(H,19,24)(H,26,27)(H,20,21,28,29)/t11-,14-/m1/s1. The van der Waals surface area contributed by atoms with Crippen molar-refractivity contribution in [3.63, 3.8) is 0 Å². The van der Waals surface area contributed by atoms with E-state index in [1.165, 1.54) is 35.0 Å². The molecule has 168 valence electrons. The van der Waals surface area contributed by atoms with Gasteiger partial charge in [0.15, 0.2) is 5.16 Å². The lowest BCUT2D eigenvalue weighted by atomic mass is 10.0. The van der Waals surface area contributed by atoms with Crippen LogP contribution in [0.15, 0.2) is 43.5 Å². The molecule has 2 atom stereocenters. The lowest BCUT2D eigenvalue weighted by Crippen LogP contribution is -2.70. The number of hydrogen-bond donors (Lipinski definition) is 3. The molecule has 1 saturated heterocycles. The summed E-state index contributed by atoms with van der Waals surface area (Å²) in [4.78, 5) is 68.5. The monoisotopic (exact) mass is 495 g/mol. The van der Waals surface area contributed by atoms with Crippen LogP contribution in [0, 0.1) is 0 Å². The first-order valence-electron chi connectivity index (χ1n) is 9.28. The van der Waals surface area contributed by atoms with Gasteiger partial charge in [-0.15, -0.1) is 23.1 Å². The number of rotatable bonds is 7. The minimum Gasteiger partial charge on any atom is -0.477 e. The zero-order valence-electron chi connectivity index (χ0n) is 16.6. The van der Waals surface area contributed by atoms with E-state index in [9.17, 15) is 29.1 Å². The lowest BCUT2D eigenvalue weighted by Gasteiger charge is -2.49. The van der Waals surface area contributed by atoms with Crippen LogP contribution in [-0.2, 0) is 27.9 Å². The largest absolute Gasteiger partial charge is 0.477 e. The predicted molar refractivity (Wildman–Crippen MR) is 119 cm³/mol. The highest BCUT2D eigenvalue weighted by atomic mass is 32.2. The van der Waals surface area contributed by atoms with Crippen molar-refractivity contribution in [3.05, 3.63) is 54.6 Å². The lowest BCUT2D eigenvalue weighted by molar-refractivity contribution is -0.150. The maximum Gasteiger partial charge on any atom is 0.353 e. The molecular formula is C18H17N5O6S3. The number of carboxylic acids is 1. The molecule has 0 bridgehead atoms. The molecule has 3 N–H and O–H groups in total. The predicted octanol–water partition coefficient (Wildman–Crippen LogP) is -0.396. The van der Waals surface area contributed by atoms with Crippen LogP contribution in [0.3, 0.4) is 0 Å². The quantitative estimate of drug-likeness (QED) is 0.344. The molecule has 2 amide bonds. The number of fused-ring (bicyclic) bond motifs is 1. The van der Waals surface area contributed by atoms with Crippen molar-refractivity contribution in [2.75, 3.05) is 11.5 Å². The first kappa shape index (κ1) is 22.4. The van der Waals surface area contributed by atoms with Crippen LogP contribution in [0.1, 0.15) is 4.88 Å². The van der Waals surface area contributed by atoms with Crippen LogP contribution >= 0.6 is 34.9 Å². The zero-order valence-corrected chi connectivity index (χ0v) is 19.0. The molecular weight excluding hydrogens is 478 g/mol. The number of aromatic nitrogens is 3. The number of aromatic amines is 1. The average Bonchev–Trinajstić information content (AvgIpc) is 3.26. The van der Waals surface area contributed by atoms with Gasteiger partial charge in [0.2, 0.25) is 5.91 Å². The van der Waals surface area contributed by atoms with Gasteiger partial charge in [0.05, 0.1) is 6.42 Å². The van der Waals surface area contributed by atoms with Crippen LogP contribution in [0.25, 0.3) is 0 Å². The zero-order chi connectivity index (χ0) is 23.0. The number of carbonyl (C=O) groups excluding carboxylic acids is 2. The number of thioether (sulfide) groups is 2. The maximum atomic E-state index is 12.7. The van der Waals surface area contributed by atoms with Gasteiger partial charge < -0.3 is 10.4 Å². The van der Waals surface area contributed by atoms with Crippen molar-refractivity contribution in [3.8, 4) is 0 Å². The Labute approximate surface area is 192 Å². The molecule has 11 nitrogen and oxygen atoms in total. The highest BCUT2D eigenvalue weighted by Crippen LogP contribution is 2.41. The van der Waals surface area contributed by atoms with Crippen molar-refractivity contribution in [2.45, 2.75) is 23.0 Å². The van der Waals surface area contributed by atoms with Crippen molar-refractivity contribution in [1.29, 1.82) is 0 Å². The molecule has 0 unspecified atom stereocenters. The second-order valence-corrected chi connectivity index (χ2v) is 10.0. The molecule has 2 aliphatic rings. The molecule has 2 aliphatic heterocycles. The molecule has 0 aromatic carbocycles. The molecule has 1 fully saturated rings. The fourth-order valence-electron chi connectivity index (χ4n) is 3.27.